The first-order valence-corrected chi connectivity index (χ1v) is 20.3. The Morgan fingerprint density at radius 3 is 0.561 bits per heavy atom. The van der Waals surface area contributed by atoms with Gasteiger partial charge in [-0.25, -0.2) is 0 Å². The molecule has 1 atom stereocenters. The summed E-state index contributed by atoms with van der Waals surface area (Å²) in [4.78, 5) is 0. The normalized spacial score (nSPS) is 12.4. The molecule has 0 saturated carbocycles. The minimum atomic E-state index is 1.02. The average molecular weight is 577 g/mol. The van der Waals surface area contributed by atoms with Gasteiger partial charge in [0, 0.05) is 0 Å². The Balaban J connectivity index is 3.24. The van der Waals surface area contributed by atoms with Crippen LogP contribution in [0.1, 0.15) is 258 Å². The first kappa shape index (κ1) is 41.0. The maximum atomic E-state index is 2.44. The van der Waals surface area contributed by atoms with Gasteiger partial charge in [0.1, 0.15) is 0 Å². The molecule has 41 heavy (non-hydrogen) atoms. The standard InChI is InChI=1S/C41H84/c1-4-7-9-11-13-15-17-19-21-22-23-24-26-28-30-32-34-36-38-40-41(6-3)39-37-35-33-31-29-27-25-20-18-16-14-12-10-8-5-2/h41H,4-40H2,1-3H3. The second-order valence-electron chi connectivity index (χ2n) is 14.2. The Kier molecular flexibility index (Phi) is 38.0. The van der Waals surface area contributed by atoms with Crippen LogP contribution in [-0.2, 0) is 0 Å². The van der Waals surface area contributed by atoms with Crippen LogP contribution in [0, 0.1) is 5.92 Å². The van der Waals surface area contributed by atoms with Gasteiger partial charge < -0.3 is 0 Å². The largest absolute Gasteiger partial charge is 0.0654 e. The van der Waals surface area contributed by atoms with Crippen LogP contribution in [0.4, 0.5) is 0 Å². The van der Waals surface area contributed by atoms with Crippen LogP contribution >= 0.6 is 0 Å². The van der Waals surface area contributed by atoms with E-state index in [2.05, 4.69) is 20.8 Å². The molecule has 0 aliphatic carbocycles. The smallest absolute Gasteiger partial charge is 0.0417 e. The van der Waals surface area contributed by atoms with E-state index < -0.39 is 0 Å². The van der Waals surface area contributed by atoms with Crippen LogP contribution in [0.5, 0.6) is 0 Å². The lowest BCUT2D eigenvalue weighted by Gasteiger charge is -2.14. The Hall–Kier alpha value is 0. The molecule has 0 saturated heterocycles. The molecule has 0 aliphatic rings. The second kappa shape index (κ2) is 38.0. The number of rotatable bonds is 37. The van der Waals surface area contributed by atoms with Crippen molar-refractivity contribution in [3.63, 3.8) is 0 Å². The van der Waals surface area contributed by atoms with Crippen molar-refractivity contribution in [2.45, 2.75) is 258 Å². The Labute approximate surface area is 263 Å². The van der Waals surface area contributed by atoms with E-state index in [1.165, 1.54) is 238 Å². The third kappa shape index (κ3) is 36.1. The van der Waals surface area contributed by atoms with Gasteiger partial charge in [-0.15, -0.1) is 0 Å². The maximum absolute atomic E-state index is 2.44. The summed E-state index contributed by atoms with van der Waals surface area (Å²) in [5, 5.41) is 0. The van der Waals surface area contributed by atoms with Crippen molar-refractivity contribution in [2.24, 2.45) is 5.92 Å². The topological polar surface area (TPSA) is 0 Å². The molecule has 0 radical (unpaired) electrons. The van der Waals surface area contributed by atoms with Gasteiger partial charge in [0.25, 0.3) is 0 Å². The van der Waals surface area contributed by atoms with E-state index >= 15 is 0 Å². The summed E-state index contributed by atoms with van der Waals surface area (Å²) < 4.78 is 0. The summed E-state index contributed by atoms with van der Waals surface area (Å²) in [7, 11) is 0. The van der Waals surface area contributed by atoms with E-state index in [1.54, 1.807) is 0 Å². The van der Waals surface area contributed by atoms with Crippen LogP contribution in [-0.4, -0.2) is 0 Å². The van der Waals surface area contributed by atoms with Crippen LogP contribution in [0.3, 0.4) is 0 Å². The molecular weight excluding hydrogens is 492 g/mol. The van der Waals surface area contributed by atoms with Crippen molar-refractivity contribution in [1.82, 2.24) is 0 Å². The summed E-state index contributed by atoms with van der Waals surface area (Å²) in [6.45, 7) is 7.06. The highest BCUT2D eigenvalue weighted by Gasteiger charge is 2.06. The first-order valence-electron chi connectivity index (χ1n) is 20.3. The molecule has 0 aromatic carbocycles. The molecule has 0 fully saturated rings. The SMILES string of the molecule is CCCCCCCCCCCCCCCCCCCCCC(CC)CCCCCCCCCCCCCCCCC. The van der Waals surface area contributed by atoms with Gasteiger partial charge in [0.15, 0.2) is 0 Å². The lowest BCUT2D eigenvalue weighted by Crippen LogP contribution is -1.99. The average Bonchev–Trinajstić information content (AvgIpc) is 2.99. The highest BCUT2D eigenvalue weighted by atomic mass is 14.1. The predicted molar refractivity (Wildman–Crippen MR) is 191 cm³/mol. The monoisotopic (exact) mass is 577 g/mol. The molecule has 0 N–H and O–H groups in total. The third-order valence-corrected chi connectivity index (χ3v) is 10.0. The van der Waals surface area contributed by atoms with E-state index in [9.17, 15) is 0 Å². The fraction of sp³-hybridized carbons (Fsp3) is 1.00. The van der Waals surface area contributed by atoms with Gasteiger partial charge in [-0.05, 0) is 5.92 Å². The van der Waals surface area contributed by atoms with E-state index in [0.717, 1.165) is 5.92 Å². The zero-order valence-corrected chi connectivity index (χ0v) is 29.7. The van der Waals surface area contributed by atoms with Crippen LogP contribution in [0.15, 0.2) is 0 Å². The number of unbranched alkanes of at least 4 members (excludes halogenated alkanes) is 32. The van der Waals surface area contributed by atoms with Gasteiger partial charge in [-0.1, -0.05) is 258 Å². The molecule has 248 valence electrons. The summed E-state index contributed by atoms with van der Waals surface area (Å²) in [5.41, 5.74) is 0. The fourth-order valence-corrected chi connectivity index (χ4v) is 6.87. The predicted octanol–water partition coefficient (Wildman–Crippen LogP) is 16.1. The summed E-state index contributed by atoms with van der Waals surface area (Å²) in [6.07, 6.45) is 54.8. The van der Waals surface area contributed by atoms with Crippen molar-refractivity contribution in [3.05, 3.63) is 0 Å². The van der Waals surface area contributed by atoms with Crippen LogP contribution in [0.25, 0.3) is 0 Å². The minimum Gasteiger partial charge on any atom is -0.0654 e. The zero-order valence-electron chi connectivity index (χ0n) is 29.7. The molecule has 0 nitrogen and oxygen atoms in total. The van der Waals surface area contributed by atoms with Crippen molar-refractivity contribution in [1.29, 1.82) is 0 Å². The minimum absolute atomic E-state index is 1.02. The Morgan fingerprint density at radius 1 is 0.220 bits per heavy atom. The van der Waals surface area contributed by atoms with Crippen LogP contribution < -0.4 is 0 Å². The lowest BCUT2D eigenvalue weighted by molar-refractivity contribution is 0.392. The maximum Gasteiger partial charge on any atom is -0.0417 e. The van der Waals surface area contributed by atoms with Gasteiger partial charge in [0.2, 0.25) is 0 Å². The number of hydrogen-bond donors (Lipinski definition) is 0. The molecular formula is C41H84. The molecule has 0 spiro atoms. The molecule has 0 amide bonds. The molecule has 0 aromatic heterocycles. The Morgan fingerprint density at radius 2 is 0.390 bits per heavy atom. The summed E-state index contributed by atoms with van der Waals surface area (Å²) in [5.74, 6) is 1.02. The van der Waals surface area contributed by atoms with E-state index in [1.807, 2.05) is 0 Å². The van der Waals surface area contributed by atoms with E-state index in [0.29, 0.717) is 0 Å². The second-order valence-corrected chi connectivity index (χ2v) is 14.2. The fourth-order valence-electron chi connectivity index (χ4n) is 6.87. The van der Waals surface area contributed by atoms with Crippen molar-refractivity contribution < 1.29 is 0 Å². The van der Waals surface area contributed by atoms with E-state index in [-0.39, 0.29) is 0 Å². The quantitative estimate of drug-likeness (QED) is 0.0645. The van der Waals surface area contributed by atoms with Gasteiger partial charge >= 0.3 is 0 Å². The van der Waals surface area contributed by atoms with Gasteiger partial charge in [0.05, 0.1) is 0 Å². The summed E-state index contributed by atoms with van der Waals surface area (Å²) >= 11 is 0. The molecule has 1 unspecified atom stereocenters. The molecule has 0 bridgehead atoms. The third-order valence-electron chi connectivity index (χ3n) is 10.0. The lowest BCUT2D eigenvalue weighted by atomic mass is 9.92. The molecule has 0 heteroatoms. The summed E-state index contributed by atoms with van der Waals surface area (Å²) in [6, 6.07) is 0. The highest BCUT2D eigenvalue weighted by Crippen LogP contribution is 2.22. The Bertz CT molecular complexity index is 426. The molecule has 0 aliphatic heterocycles. The van der Waals surface area contributed by atoms with Crippen molar-refractivity contribution in [3.8, 4) is 0 Å². The van der Waals surface area contributed by atoms with Gasteiger partial charge in [-0.3, -0.25) is 0 Å². The molecule has 0 heterocycles. The van der Waals surface area contributed by atoms with E-state index in [4.69, 9.17) is 0 Å². The molecule has 0 rings (SSSR count). The first-order chi connectivity index (χ1) is 20.3. The zero-order chi connectivity index (χ0) is 29.7. The van der Waals surface area contributed by atoms with Crippen LogP contribution in [0.2, 0.25) is 0 Å². The van der Waals surface area contributed by atoms with Crippen molar-refractivity contribution in [2.75, 3.05) is 0 Å². The molecule has 0 aromatic rings. The van der Waals surface area contributed by atoms with Gasteiger partial charge in [-0.2, -0.15) is 0 Å². The highest BCUT2D eigenvalue weighted by molar-refractivity contribution is 4.60. The number of hydrogen-bond acceptors (Lipinski definition) is 0. The van der Waals surface area contributed by atoms with Crippen molar-refractivity contribution >= 4 is 0 Å².